The van der Waals surface area contributed by atoms with E-state index in [1.807, 2.05) is 0 Å². The number of ether oxygens (including phenoxy) is 1. The summed E-state index contributed by atoms with van der Waals surface area (Å²) in [5.74, 6) is -1.05. The number of esters is 1. The number of carbonyl (C=O) groups is 2. The predicted octanol–water partition coefficient (Wildman–Crippen LogP) is 3.16. The van der Waals surface area contributed by atoms with Crippen LogP contribution in [-0.4, -0.2) is 44.8 Å². The Bertz CT molecular complexity index is 999. The van der Waals surface area contributed by atoms with E-state index < -0.39 is 21.9 Å². The first-order valence-electron chi connectivity index (χ1n) is 8.62. The van der Waals surface area contributed by atoms with E-state index in [9.17, 15) is 18.0 Å². The minimum Gasteiger partial charge on any atom is -0.465 e. The van der Waals surface area contributed by atoms with Crippen molar-refractivity contribution in [3.05, 3.63) is 58.6 Å². The Morgan fingerprint density at radius 3 is 2.32 bits per heavy atom. The zero-order chi connectivity index (χ0) is 20.3. The zero-order valence-electron chi connectivity index (χ0n) is 15.1. The molecule has 1 fully saturated rings. The predicted molar refractivity (Wildman–Crippen MR) is 105 cm³/mol. The van der Waals surface area contributed by atoms with Crippen molar-refractivity contribution < 1.29 is 22.7 Å². The van der Waals surface area contributed by atoms with Crippen LogP contribution in [0.1, 0.15) is 33.6 Å². The summed E-state index contributed by atoms with van der Waals surface area (Å²) in [7, 11) is -2.29. The average Bonchev–Trinajstić information content (AvgIpc) is 3.24. The van der Waals surface area contributed by atoms with Gasteiger partial charge in [0.05, 0.1) is 22.6 Å². The number of hydrogen-bond donors (Lipinski definition) is 1. The van der Waals surface area contributed by atoms with Crippen LogP contribution < -0.4 is 5.32 Å². The quantitative estimate of drug-likeness (QED) is 0.747. The van der Waals surface area contributed by atoms with Gasteiger partial charge < -0.3 is 10.1 Å². The van der Waals surface area contributed by atoms with Gasteiger partial charge in [0.15, 0.2) is 0 Å². The maximum atomic E-state index is 12.5. The van der Waals surface area contributed by atoms with Gasteiger partial charge in [0, 0.05) is 24.3 Å². The van der Waals surface area contributed by atoms with Crippen LogP contribution in [0.25, 0.3) is 0 Å². The molecule has 0 spiro atoms. The van der Waals surface area contributed by atoms with E-state index in [4.69, 9.17) is 11.6 Å². The fourth-order valence-corrected chi connectivity index (χ4v) is 4.64. The molecule has 3 rings (SSSR count). The van der Waals surface area contributed by atoms with Gasteiger partial charge in [-0.2, -0.15) is 4.31 Å². The molecule has 0 saturated carbocycles. The molecular weight excluding hydrogens is 404 g/mol. The van der Waals surface area contributed by atoms with Gasteiger partial charge in [-0.15, -0.1) is 0 Å². The maximum Gasteiger partial charge on any atom is 0.339 e. The maximum absolute atomic E-state index is 12.5. The van der Waals surface area contributed by atoms with Gasteiger partial charge in [-0.3, -0.25) is 4.79 Å². The van der Waals surface area contributed by atoms with Crippen LogP contribution in [0.4, 0.5) is 5.69 Å². The average molecular weight is 423 g/mol. The number of nitrogens with zero attached hydrogens (tertiary/aromatic N) is 1. The van der Waals surface area contributed by atoms with Crippen LogP contribution >= 0.6 is 11.6 Å². The molecule has 0 aliphatic carbocycles. The van der Waals surface area contributed by atoms with E-state index in [2.05, 4.69) is 10.1 Å². The SMILES string of the molecule is COC(=O)c1cc(NC(=O)c2ccc(S(=O)(=O)N3CCCC3)cc2)ccc1Cl. The third-order valence-electron chi connectivity index (χ3n) is 4.45. The number of halogens is 1. The van der Waals surface area contributed by atoms with Gasteiger partial charge in [-0.25, -0.2) is 13.2 Å². The number of hydrogen-bond acceptors (Lipinski definition) is 5. The second kappa shape index (κ2) is 8.30. The molecule has 0 atom stereocenters. The van der Waals surface area contributed by atoms with Crippen molar-refractivity contribution in [2.24, 2.45) is 0 Å². The minimum atomic E-state index is -3.53. The molecule has 1 aliphatic rings. The third-order valence-corrected chi connectivity index (χ3v) is 6.69. The first kappa shape index (κ1) is 20.3. The Hall–Kier alpha value is -2.42. The molecule has 2 aromatic carbocycles. The van der Waals surface area contributed by atoms with Crippen molar-refractivity contribution in [1.82, 2.24) is 4.31 Å². The summed E-state index contributed by atoms with van der Waals surface area (Å²) in [5.41, 5.74) is 0.785. The molecule has 1 heterocycles. The lowest BCUT2D eigenvalue weighted by molar-refractivity contribution is 0.0600. The van der Waals surface area contributed by atoms with Crippen molar-refractivity contribution in [3.8, 4) is 0 Å². The summed E-state index contributed by atoms with van der Waals surface area (Å²) in [6.07, 6.45) is 1.71. The third kappa shape index (κ3) is 4.19. The van der Waals surface area contributed by atoms with Gasteiger partial charge >= 0.3 is 5.97 Å². The molecular formula is C19H19ClN2O5S. The minimum absolute atomic E-state index is 0.133. The van der Waals surface area contributed by atoms with Gasteiger partial charge in [-0.05, 0) is 55.3 Å². The van der Waals surface area contributed by atoms with Crippen molar-refractivity contribution in [1.29, 1.82) is 0 Å². The molecule has 148 valence electrons. The zero-order valence-corrected chi connectivity index (χ0v) is 16.7. The normalized spacial score (nSPS) is 14.6. The molecule has 0 bridgehead atoms. The van der Waals surface area contributed by atoms with Crippen molar-refractivity contribution >= 4 is 39.2 Å². The number of amides is 1. The number of nitrogens with one attached hydrogen (secondary N) is 1. The van der Waals surface area contributed by atoms with E-state index in [1.165, 1.54) is 47.8 Å². The number of rotatable bonds is 5. The molecule has 1 saturated heterocycles. The first-order chi connectivity index (χ1) is 13.3. The molecule has 9 heteroatoms. The van der Waals surface area contributed by atoms with Crippen LogP contribution in [0.15, 0.2) is 47.4 Å². The molecule has 0 unspecified atom stereocenters. The van der Waals surface area contributed by atoms with E-state index in [0.29, 0.717) is 18.8 Å². The Morgan fingerprint density at radius 1 is 1.07 bits per heavy atom. The number of methoxy groups -OCH3 is 1. The lowest BCUT2D eigenvalue weighted by Crippen LogP contribution is -2.27. The highest BCUT2D eigenvalue weighted by molar-refractivity contribution is 7.89. The summed E-state index contributed by atoms with van der Waals surface area (Å²) in [6.45, 7) is 1.04. The van der Waals surface area contributed by atoms with Crippen LogP contribution in [0.3, 0.4) is 0 Å². The fraction of sp³-hybridized carbons (Fsp3) is 0.263. The molecule has 1 aliphatic heterocycles. The summed E-state index contributed by atoms with van der Waals surface area (Å²) in [4.78, 5) is 24.3. The van der Waals surface area contributed by atoms with Crippen molar-refractivity contribution in [3.63, 3.8) is 0 Å². The Morgan fingerprint density at radius 2 is 1.71 bits per heavy atom. The number of anilines is 1. The lowest BCUT2D eigenvalue weighted by Gasteiger charge is -2.15. The Kier molecular flexibility index (Phi) is 6.02. The van der Waals surface area contributed by atoms with Crippen LogP contribution in [-0.2, 0) is 14.8 Å². The molecule has 28 heavy (non-hydrogen) atoms. The van der Waals surface area contributed by atoms with Crippen LogP contribution in [0, 0.1) is 0 Å². The smallest absolute Gasteiger partial charge is 0.339 e. The van der Waals surface area contributed by atoms with E-state index >= 15 is 0 Å². The highest BCUT2D eigenvalue weighted by Crippen LogP contribution is 2.23. The number of carbonyl (C=O) groups excluding carboxylic acids is 2. The molecule has 7 nitrogen and oxygen atoms in total. The lowest BCUT2D eigenvalue weighted by atomic mass is 10.1. The summed E-state index contributed by atoms with van der Waals surface area (Å²) < 4.78 is 31.2. The monoisotopic (exact) mass is 422 g/mol. The van der Waals surface area contributed by atoms with E-state index in [0.717, 1.165) is 12.8 Å². The standard InChI is InChI=1S/C19H19ClN2O5S/c1-27-19(24)16-12-14(6-9-17(16)20)21-18(23)13-4-7-15(8-5-13)28(25,26)22-10-2-3-11-22/h4-9,12H,2-3,10-11H2,1H3,(H,21,23). The van der Waals surface area contributed by atoms with E-state index in [1.54, 1.807) is 6.07 Å². The number of sulfonamides is 1. The molecule has 0 radical (unpaired) electrons. The van der Waals surface area contributed by atoms with Gasteiger partial charge in [0.1, 0.15) is 0 Å². The largest absolute Gasteiger partial charge is 0.465 e. The first-order valence-corrected chi connectivity index (χ1v) is 10.4. The highest BCUT2D eigenvalue weighted by atomic mass is 35.5. The molecule has 2 aromatic rings. The molecule has 1 amide bonds. The Labute approximate surface area is 168 Å². The van der Waals surface area contributed by atoms with Crippen molar-refractivity contribution in [2.75, 3.05) is 25.5 Å². The van der Waals surface area contributed by atoms with E-state index in [-0.39, 0.29) is 21.0 Å². The number of benzene rings is 2. The van der Waals surface area contributed by atoms with Crippen LogP contribution in [0.5, 0.6) is 0 Å². The summed E-state index contributed by atoms with van der Waals surface area (Å²) in [6, 6.07) is 10.2. The fourth-order valence-electron chi connectivity index (χ4n) is 2.93. The molecule has 0 aromatic heterocycles. The summed E-state index contributed by atoms with van der Waals surface area (Å²) in [5, 5.41) is 2.86. The van der Waals surface area contributed by atoms with Gasteiger partial charge in [0.2, 0.25) is 10.0 Å². The topological polar surface area (TPSA) is 92.8 Å². The Balaban J connectivity index is 1.76. The molecule has 1 N–H and O–H groups in total. The summed E-state index contributed by atoms with van der Waals surface area (Å²) >= 11 is 5.96. The second-order valence-corrected chi connectivity index (χ2v) is 8.62. The van der Waals surface area contributed by atoms with Gasteiger partial charge in [0.25, 0.3) is 5.91 Å². The van der Waals surface area contributed by atoms with Crippen LogP contribution in [0.2, 0.25) is 5.02 Å². The second-order valence-electron chi connectivity index (χ2n) is 6.28. The van der Waals surface area contributed by atoms with Crippen molar-refractivity contribution in [2.45, 2.75) is 17.7 Å². The highest BCUT2D eigenvalue weighted by Gasteiger charge is 2.27. The van der Waals surface area contributed by atoms with Gasteiger partial charge in [-0.1, -0.05) is 11.6 Å².